The molecule has 0 radical (unpaired) electrons. The van der Waals surface area contributed by atoms with Gasteiger partial charge in [-0.1, -0.05) is 17.3 Å². The van der Waals surface area contributed by atoms with Gasteiger partial charge in [-0.05, 0) is 35.9 Å². The van der Waals surface area contributed by atoms with Crippen LogP contribution < -0.4 is 4.74 Å². The SMILES string of the molecule is Fc1ccc(COc2ccc3onc(CCCl)c3c2)cc1. The molecule has 0 aliphatic carbocycles. The highest BCUT2D eigenvalue weighted by Crippen LogP contribution is 2.25. The van der Waals surface area contributed by atoms with E-state index in [-0.39, 0.29) is 5.82 Å². The van der Waals surface area contributed by atoms with Crippen molar-refractivity contribution in [2.45, 2.75) is 13.0 Å². The molecule has 1 aromatic heterocycles. The van der Waals surface area contributed by atoms with Crippen LogP contribution in [-0.4, -0.2) is 11.0 Å². The average molecular weight is 306 g/mol. The highest BCUT2D eigenvalue weighted by Gasteiger charge is 2.09. The summed E-state index contributed by atoms with van der Waals surface area (Å²) in [6.45, 7) is 0.377. The summed E-state index contributed by atoms with van der Waals surface area (Å²) in [4.78, 5) is 0. The van der Waals surface area contributed by atoms with Crippen molar-refractivity contribution in [1.29, 1.82) is 0 Å². The zero-order valence-electron chi connectivity index (χ0n) is 11.2. The van der Waals surface area contributed by atoms with Gasteiger partial charge in [-0.3, -0.25) is 0 Å². The second kappa shape index (κ2) is 6.14. The summed E-state index contributed by atoms with van der Waals surface area (Å²) >= 11 is 5.74. The average Bonchev–Trinajstić information content (AvgIpc) is 2.90. The number of nitrogens with zero attached hydrogens (tertiary/aromatic N) is 1. The number of aryl methyl sites for hydroxylation is 1. The van der Waals surface area contributed by atoms with Crippen molar-refractivity contribution >= 4 is 22.6 Å². The lowest BCUT2D eigenvalue weighted by atomic mass is 10.2. The number of ether oxygens (including phenoxy) is 1. The minimum atomic E-state index is -0.254. The highest BCUT2D eigenvalue weighted by molar-refractivity contribution is 6.18. The van der Waals surface area contributed by atoms with Gasteiger partial charge in [0.1, 0.15) is 18.2 Å². The Labute approximate surface area is 126 Å². The molecule has 108 valence electrons. The van der Waals surface area contributed by atoms with Crippen molar-refractivity contribution in [2.75, 3.05) is 5.88 Å². The Kier molecular flexibility index (Phi) is 4.06. The van der Waals surface area contributed by atoms with Gasteiger partial charge in [-0.15, -0.1) is 11.6 Å². The third-order valence-electron chi connectivity index (χ3n) is 3.17. The van der Waals surface area contributed by atoms with E-state index >= 15 is 0 Å². The summed E-state index contributed by atoms with van der Waals surface area (Å²) in [5.41, 5.74) is 2.44. The quantitative estimate of drug-likeness (QED) is 0.658. The van der Waals surface area contributed by atoms with Gasteiger partial charge in [-0.2, -0.15) is 0 Å². The lowest BCUT2D eigenvalue weighted by Crippen LogP contribution is -1.95. The Morgan fingerprint density at radius 1 is 1.14 bits per heavy atom. The van der Waals surface area contributed by atoms with Crippen LogP contribution in [0.4, 0.5) is 4.39 Å². The molecule has 0 spiro atoms. The van der Waals surface area contributed by atoms with Crippen molar-refractivity contribution in [3.8, 4) is 5.75 Å². The zero-order valence-corrected chi connectivity index (χ0v) is 11.9. The summed E-state index contributed by atoms with van der Waals surface area (Å²) in [5, 5.41) is 4.91. The van der Waals surface area contributed by atoms with E-state index in [1.807, 2.05) is 18.2 Å². The first kappa shape index (κ1) is 13.9. The third kappa shape index (κ3) is 3.16. The van der Waals surface area contributed by atoms with Crippen LogP contribution in [0, 0.1) is 5.82 Å². The Morgan fingerprint density at radius 3 is 2.71 bits per heavy atom. The lowest BCUT2D eigenvalue weighted by Gasteiger charge is -2.06. The monoisotopic (exact) mass is 305 g/mol. The van der Waals surface area contributed by atoms with Crippen molar-refractivity contribution in [2.24, 2.45) is 0 Å². The molecule has 0 saturated heterocycles. The van der Waals surface area contributed by atoms with Gasteiger partial charge < -0.3 is 9.26 Å². The van der Waals surface area contributed by atoms with Gasteiger partial charge in [0.15, 0.2) is 5.58 Å². The maximum atomic E-state index is 12.8. The van der Waals surface area contributed by atoms with Gasteiger partial charge in [0.2, 0.25) is 0 Å². The number of fused-ring (bicyclic) bond motifs is 1. The molecule has 0 N–H and O–H groups in total. The van der Waals surface area contributed by atoms with Crippen LogP contribution in [-0.2, 0) is 13.0 Å². The molecule has 0 aliphatic heterocycles. The number of hydrogen-bond acceptors (Lipinski definition) is 3. The van der Waals surface area contributed by atoms with Gasteiger partial charge in [0, 0.05) is 17.7 Å². The van der Waals surface area contributed by atoms with Crippen LogP contribution in [0.25, 0.3) is 11.0 Å². The largest absolute Gasteiger partial charge is 0.489 e. The maximum absolute atomic E-state index is 12.8. The number of rotatable bonds is 5. The number of aromatic nitrogens is 1. The lowest BCUT2D eigenvalue weighted by molar-refractivity contribution is 0.306. The predicted molar refractivity (Wildman–Crippen MR) is 79.2 cm³/mol. The first-order valence-electron chi connectivity index (χ1n) is 6.58. The molecular weight excluding hydrogens is 293 g/mol. The van der Waals surface area contributed by atoms with Crippen LogP contribution in [0.15, 0.2) is 47.0 Å². The summed E-state index contributed by atoms with van der Waals surface area (Å²) in [5.74, 6) is 0.948. The molecule has 0 bridgehead atoms. The summed E-state index contributed by atoms with van der Waals surface area (Å²) in [6.07, 6.45) is 0.649. The van der Waals surface area contributed by atoms with E-state index in [0.717, 1.165) is 16.6 Å². The molecule has 5 heteroatoms. The molecule has 1 heterocycles. The number of hydrogen-bond donors (Lipinski definition) is 0. The fourth-order valence-corrected chi connectivity index (χ4v) is 2.25. The van der Waals surface area contributed by atoms with Crippen LogP contribution in [0.1, 0.15) is 11.3 Å². The molecule has 2 aromatic carbocycles. The van der Waals surface area contributed by atoms with Crippen LogP contribution in [0.2, 0.25) is 0 Å². The summed E-state index contributed by atoms with van der Waals surface area (Å²) < 4.78 is 23.8. The highest BCUT2D eigenvalue weighted by atomic mass is 35.5. The predicted octanol–water partition coefficient (Wildman–Crippen LogP) is 4.33. The normalized spacial score (nSPS) is 11.0. The van der Waals surface area contributed by atoms with Gasteiger partial charge in [0.05, 0.1) is 5.69 Å². The van der Waals surface area contributed by atoms with Crippen molar-refractivity contribution in [3.63, 3.8) is 0 Å². The van der Waals surface area contributed by atoms with E-state index in [1.165, 1.54) is 12.1 Å². The Balaban J connectivity index is 1.77. The Bertz CT molecular complexity index is 740. The first-order valence-corrected chi connectivity index (χ1v) is 7.11. The Morgan fingerprint density at radius 2 is 1.95 bits per heavy atom. The molecule has 0 aliphatic rings. The number of alkyl halides is 1. The number of halogens is 2. The fourth-order valence-electron chi connectivity index (χ4n) is 2.07. The molecule has 3 aromatic rings. The molecule has 0 saturated carbocycles. The molecule has 0 unspecified atom stereocenters. The summed E-state index contributed by atoms with van der Waals surface area (Å²) in [6, 6.07) is 11.8. The van der Waals surface area contributed by atoms with E-state index < -0.39 is 0 Å². The third-order valence-corrected chi connectivity index (χ3v) is 3.36. The standard InChI is InChI=1S/C16H13ClFNO2/c17-8-7-15-14-9-13(5-6-16(14)21-19-15)20-10-11-1-3-12(18)4-2-11/h1-6,9H,7-8,10H2. The zero-order chi connectivity index (χ0) is 14.7. The minimum absolute atomic E-state index is 0.254. The smallest absolute Gasteiger partial charge is 0.167 e. The van der Waals surface area contributed by atoms with Gasteiger partial charge in [0.25, 0.3) is 0 Å². The maximum Gasteiger partial charge on any atom is 0.167 e. The van der Waals surface area contributed by atoms with Crippen LogP contribution in [0.5, 0.6) is 5.75 Å². The second-order valence-electron chi connectivity index (χ2n) is 4.64. The van der Waals surface area contributed by atoms with Gasteiger partial charge in [-0.25, -0.2) is 4.39 Å². The van der Waals surface area contributed by atoms with Crippen molar-refractivity contribution < 1.29 is 13.7 Å². The Hall–Kier alpha value is -2.07. The molecule has 0 fully saturated rings. The molecule has 3 nitrogen and oxygen atoms in total. The van der Waals surface area contributed by atoms with Crippen molar-refractivity contribution in [3.05, 3.63) is 59.5 Å². The number of benzene rings is 2. The van der Waals surface area contributed by atoms with E-state index in [9.17, 15) is 4.39 Å². The van der Waals surface area contributed by atoms with E-state index in [2.05, 4.69) is 5.16 Å². The van der Waals surface area contributed by atoms with Gasteiger partial charge >= 0.3 is 0 Å². The van der Waals surface area contributed by atoms with E-state index in [4.69, 9.17) is 20.9 Å². The molecule has 0 amide bonds. The fraction of sp³-hybridized carbons (Fsp3) is 0.188. The minimum Gasteiger partial charge on any atom is -0.489 e. The first-order chi connectivity index (χ1) is 10.3. The summed E-state index contributed by atoms with van der Waals surface area (Å²) in [7, 11) is 0. The molecule has 3 rings (SSSR count). The molecule has 0 atom stereocenters. The molecular formula is C16H13ClFNO2. The van der Waals surface area contributed by atoms with E-state index in [1.54, 1.807) is 12.1 Å². The molecule has 21 heavy (non-hydrogen) atoms. The van der Waals surface area contributed by atoms with Crippen LogP contribution in [0.3, 0.4) is 0 Å². The topological polar surface area (TPSA) is 35.3 Å². The van der Waals surface area contributed by atoms with E-state index in [0.29, 0.717) is 30.2 Å². The van der Waals surface area contributed by atoms with Crippen molar-refractivity contribution in [1.82, 2.24) is 5.16 Å². The van der Waals surface area contributed by atoms with Crippen LogP contribution >= 0.6 is 11.6 Å². The second-order valence-corrected chi connectivity index (χ2v) is 5.02.